The fourth-order valence-electron chi connectivity index (χ4n) is 3.11. The number of anilines is 1. The Hall–Kier alpha value is -1.55. The maximum absolute atomic E-state index is 12.6. The Balaban J connectivity index is 2.08. The summed E-state index contributed by atoms with van der Waals surface area (Å²) in [5, 5.41) is 6.29. The van der Waals surface area contributed by atoms with Crippen molar-refractivity contribution in [3.8, 4) is 0 Å². The van der Waals surface area contributed by atoms with Gasteiger partial charge in [0.2, 0.25) is 0 Å². The van der Waals surface area contributed by atoms with Gasteiger partial charge in [-0.1, -0.05) is 47.0 Å². The molecule has 2 atom stereocenters. The first-order valence-corrected chi connectivity index (χ1v) is 9.13. The van der Waals surface area contributed by atoms with Crippen molar-refractivity contribution >= 4 is 34.8 Å². The lowest BCUT2D eigenvalue weighted by molar-refractivity contribution is -0.709. The number of nitrogens with one attached hydrogen (secondary N) is 1. The molecule has 25 heavy (non-hydrogen) atoms. The molecule has 0 aliphatic heterocycles. The van der Waals surface area contributed by atoms with Crippen LogP contribution in [-0.2, 0) is 4.79 Å². The van der Waals surface area contributed by atoms with E-state index < -0.39 is 0 Å². The van der Waals surface area contributed by atoms with Crippen molar-refractivity contribution in [1.82, 2.24) is 0 Å². The topological polar surface area (TPSA) is 45.7 Å². The van der Waals surface area contributed by atoms with Crippen molar-refractivity contribution in [2.75, 3.05) is 5.32 Å². The number of aryl methyl sites for hydroxylation is 3. The summed E-state index contributed by atoms with van der Waals surface area (Å²) in [5.41, 5.74) is 5.21. The van der Waals surface area contributed by atoms with E-state index in [0.29, 0.717) is 10.0 Å². The molecule has 134 valence electrons. The van der Waals surface area contributed by atoms with Crippen molar-refractivity contribution in [1.29, 1.82) is 0 Å². The second kappa shape index (κ2) is 8.22. The van der Waals surface area contributed by atoms with Gasteiger partial charge in [-0.3, -0.25) is 4.79 Å². The minimum Gasteiger partial charge on any atom is -0.330 e. The standard InChI is InChI=1S/C20H24Cl2N2O/c1-11-8-12(2)19(13(3)9-11)24-20(25)15(5)23-14(4)17-7-6-16(21)10-18(17)22/h6-10,14-15,23H,1-5H3,(H,24,25)/p+1/t14-,15+/m1/s1. The number of benzene rings is 2. The number of carbonyl (C=O) groups excluding carboxylic acids is 1. The number of hydrogen-bond acceptors (Lipinski definition) is 1. The van der Waals surface area contributed by atoms with Crippen LogP contribution in [0.25, 0.3) is 0 Å². The average molecular weight is 380 g/mol. The molecule has 0 saturated heterocycles. The third-order valence-corrected chi connectivity index (χ3v) is 4.93. The SMILES string of the molecule is Cc1cc(C)c(NC(=O)[C@H](C)[NH2+][C@H](C)c2ccc(Cl)cc2Cl)c(C)c1. The van der Waals surface area contributed by atoms with E-state index in [-0.39, 0.29) is 18.0 Å². The van der Waals surface area contributed by atoms with E-state index in [1.165, 1.54) is 5.56 Å². The van der Waals surface area contributed by atoms with Crippen molar-refractivity contribution < 1.29 is 10.1 Å². The third kappa shape index (κ3) is 4.97. The van der Waals surface area contributed by atoms with E-state index in [9.17, 15) is 4.79 Å². The first kappa shape index (κ1) is 19.8. The smallest absolute Gasteiger partial charge is 0.282 e. The Kier molecular flexibility index (Phi) is 6.50. The molecule has 0 heterocycles. The zero-order valence-electron chi connectivity index (χ0n) is 15.3. The van der Waals surface area contributed by atoms with Gasteiger partial charge in [0.15, 0.2) is 6.04 Å². The number of hydrogen-bond donors (Lipinski definition) is 2. The van der Waals surface area contributed by atoms with Gasteiger partial charge in [0.25, 0.3) is 5.91 Å². The fraction of sp³-hybridized carbons (Fsp3) is 0.350. The van der Waals surface area contributed by atoms with Gasteiger partial charge in [-0.25, -0.2) is 0 Å². The van der Waals surface area contributed by atoms with E-state index in [2.05, 4.69) is 24.4 Å². The summed E-state index contributed by atoms with van der Waals surface area (Å²) in [6.07, 6.45) is 0. The lowest BCUT2D eigenvalue weighted by Crippen LogP contribution is -2.91. The van der Waals surface area contributed by atoms with Crippen LogP contribution in [0, 0.1) is 20.8 Å². The van der Waals surface area contributed by atoms with Crippen molar-refractivity contribution in [3.05, 3.63) is 62.6 Å². The minimum atomic E-state index is -0.248. The molecule has 2 rings (SSSR count). The maximum Gasteiger partial charge on any atom is 0.282 e. The lowest BCUT2D eigenvalue weighted by Gasteiger charge is -2.19. The maximum atomic E-state index is 12.6. The molecule has 2 aromatic rings. The number of nitrogens with two attached hydrogens (primary N) is 1. The normalized spacial score (nSPS) is 13.4. The molecule has 3 N–H and O–H groups in total. The van der Waals surface area contributed by atoms with E-state index in [1.54, 1.807) is 6.07 Å². The first-order chi connectivity index (χ1) is 11.7. The summed E-state index contributed by atoms with van der Waals surface area (Å²) >= 11 is 12.2. The van der Waals surface area contributed by atoms with Gasteiger partial charge in [-0.2, -0.15) is 0 Å². The molecule has 0 aromatic heterocycles. The molecule has 2 aromatic carbocycles. The van der Waals surface area contributed by atoms with E-state index >= 15 is 0 Å². The molecule has 5 heteroatoms. The number of rotatable bonds is 5. The predicted octanol–water partition coefficient (Wildman–Crippen LogP) is 4.57. The molecule has 0 radical (unpaired) electrons. The molecule has 0 saturated carbocycles. The second-order valence-corrected chi connectivity index (χ2v) is 7.54. The highest BCUT2D eigenvalue weighted by Crippen LogP contribution is 2.25. The highest BCUT2D eigenvalue weighted by Gasteiger charge is 2.22. The van der Waals surface area contributed by atoms with Crippen LogP contribution in [0.5, 0.6) is 0 Å². The van der Waals surface area contributed by atoms with Gasteiger partial charge in [-0.15, -0.1) is 0 Å². The lowest BCUT2D eigenvalue weighted by atomic mass is 10.0. The van der Waals surface area contributed by atoms with Crippen molar-refractivity contribution in [2.24, 2.45) is 0 Å². The highest BCUT2D eigenvalue weighted by atomic mass is 35.5. The van der Waals surface area contributed by atoms with Crippen molar-refractivity contribution in [3.63, 3.8) is 0 Å². The van der Waals surface area contributed by atoms with E-state index in [0.717, 1.165) is 22.4 Å². The molecular formula is C20H25Cl2N2O+. The van der Waals surface area contributed by atoms with Gasteiger partial charge in [0.05, 0.1) is 5.02 Å². The summed E-state index contributed by atoms with van der Waals surface area (Å²) < 4.78 is 0. The van der Waals surface area contributed by atoms with Crippen LogP contribution >= 0.6 is 23.2 Å². The van der Waals surface area contributed by atoms with Gasteiger partial charge in [0, 0.05) is 16.3 Å². The van der Waals surface area contributed by atoms with Crippen LogP contribution in [0.4, 0.5) is 5.69 Å². The Labute approximate surface area is 159 Å². The first-order valence-electron chi connectivity index (χ1n) is 8.37. The van der Waals surface area contributed by atoms with Crippen LogP contribution < -0.4 is 10.6 Å². The number of halogens is 2. The monoisotopic (exact) mass is 379 g/mol. The number of carbonyl (C=O) groups is 1. The van der Waals surface area contributed by atoms with Crippen LogP contribution in [0.15, 0.2) is 30.3 Å². The predicted molar refractivity (Wildman–Crippen MR) is 106 cm³/mol. The minimum absolute atomic E-state index is 0.0213. The summed E-state index contributed by atoms with van der Waals surface area (Å²) in [6, 6.07) is 9.40. The molecule has 0 fully saturated rings. The Morgan fingerprint density at radius 2 is 1.64 bits per heavy atom. The number of quaternary nitrogens is 1. The summed E-state index contributed by atoms with van der Waals surface area (Å²) in [6.45, 7) is 10.0. The van der Waals surface area contributed by atoms with Gasteiger partial charge < -0.3 is 10.6 Å². The average Bonchev–Trinajstić information content (AvgIpc) is 2.50. The molecule has 0 spiro atoms. The summed E-state index contributed by atoms with van der Waals surface area (Å²) in [4.78, 5) is 12.6. The number of amides is 1. The largest absolute Gasteiger partial charge is 0.330 e. The zero-order chi connectivity index (χ0) is 18.7. The van der Waals surface area contributed by atoms with Crippen LogP contribution in [0.2, 0.25) is 10.0 Å². The Bertz CT molecular complexity index is 766. The molecule has 3 nitrogen and oxygen atoms in total. The van der Waals surface area contributed by atoms with Gasteiger partial charge in [0.1, 0.15) is 6.04 Å². The molecular weight excluding hydrogens is 355 g/mol. The van der Waals surface area contributed by atoms with E-state index in [1.807, 2.05) is 45.1 Å². The Morgan fingerprint density at radius 3 is 2.20 bits per heavy atom. The van der Waals surface area contributed by atoms with Crippen molar-refractivity contribution in [2.45, 2.75) is 46.7 Å². The Morgan fingerprint density at radius 1 is 1.04 bits per heavy atom. The van der Waals surface area contributed by atoms with Gasteiger partial charge in [-0.05, 0) is 57.9 Å². The van der Waals surface area contributed by atoms with Crippen LogP contribution in [0.3, 0.4) is 0 Å². The third-order valence-electron chi connectivity index (χ3n) is 4.37. The molecule has 0 aliphatic rings. The van der Waals surface area contributed by atoms with Crippen LogP contribution in [-0.4, -0.2) is 11.9 Å². The molecule has 0 unspecified atom stereocenters. The quantitative estimate of drug-likeness (QED) is 0.784. The van der Waals surface area contributed by atoms with Gasteiger partial charge >= 0.3 is 0 Å². The summed E-state index contributed by atoms with van der Waals surface area (Å²) in [7, 11) is 0. The fourth-order valence-corrected chi connectivity index (χ4v) is 3.69. The summed E-state index contributed by atoms with van der Waals surface area (Å²) in [5.74, 6) is -0.0213. The van der Waals surface area contributed by atoms with E-state index in [4.69, 9.17) is 23.2 Å². The molecule has 1 amide bonds. The molecule has 0 aliphatic carbocycles. The van der Waals surface area contributed by atoms with Crippen LogP contribution in [0.1, 0.15) is 42.1 Å². The second-order valence-electron chi connectivity index (χ2n) is 6.70. The molecule has 0 bridgehead atoms. The zero-order valence-corrected chi connectivity index (χ0v) is 16.8. The highest BCUT2D eigenvalue weighted by molar-refractivity contribution is 6.35.